The van der Waals surface area contributed by atoms with E-state index < -0.39 is 16.1 Å². The fraction of sp³-hybridized carbons (Fsp3) is 0.333. The number of nitrogens with zero attached hydrogens (tertiary/aromatic N) is 1. The fourth-order valence-corrected chi connectivity index (χ4v) is 5.61. The number of aryl methyl sites for hydroxylation is 1. The number of thiophene rings is 1. The number of fused-ring (bicyclic) bond motifs is 1. The van der Waals surface area contributed by atoms with E-state index in [-0.39, 0.29) is 35.0 Å². The highest BCUT2D eigenvalue weighted by molar-refractivity contribution is 7.93. The Labute approximate surface area is 205 Å². The lowest BCUT2D eigenvalue weighted by Crippen LogP contribution is -2.15. The first-order valence-electron chi connectivity index (χ1n) is 10.0. The number of hydrogen-bond acceptors (Lipinski definition) is 10. The third kappa shape index (κ3) is 6.20. The Morgan fingerprint density at radius 1 is 1.32 bits per heavy atom. The van der Waals surface area contributed by atoms with Crippen LogP contribution in [0.3, 0.4) is 0 Å². The lowest BCUT2D eigenvalue weighted by molar-refractivity contribution is -0.140. The van der Waals surface area contributed by atoms with E-state index in [1.165, 1.54) is 13.0 Å². The molecule has 0 bridgehead atoms. The predicted molar refractivity (Wildman–Crippen MR) is 125 cm³/mol. The summed E-state index contributed by atoms with van der Waals surface area (Å²) in [6.07, 6.45) is -0.819. The number of hydrogen-bond donors (Lipinski definition) is 2. The topological polar surface area (TPSA) is 137 Å². The van der Waals surface area contributed by atoms with Crippen LogP contribution in [-0.2, 0) is 26.0 Å². The van der Waals surface area contributed by atoms with Gasteiger partial charge >= 0.3 is 5.97 Å². The molecule has 184 valence electrons. The molecule has 0 amide bonds. The van der Waals surface area contributed by atoms with Crippen molar-refractivity contribution in [1.29, 1.82) is 0 Å². The van der Waals surface area contributed by atoms with Crippen LogP contribution in [0.4, 0.5) is 5.88 Å². The first-order chi connectivity index (χ1) is 16.1. The monoisotopic (exact) mass is 530 g/mol. The van der Waals surface area contributed by atoms with Gasteiger partial charge in [0, 0.05) is 13.3 Å². The van der Waals surface area contributed by atoms with Crippen LogP contribution in [0.25, 0.3) is 0 Å². The molecule has 4 rings (SSSR count). The smallest absolute Gasteiger partial charge is 0.302 e. The van der Waals surface area contributed by atoms with Gasteiger partial charge in [-0.15, -0.1) is 11.3 Å². The molecule has 0 spiro atoms. The molecule has 1 unspecified atom stereocenters. The molecule has 3 heterocycles. The van der Waals surface area contributed by atoms with E-state index >= 15 is 0 Å². The normalized spacial score (nSPS) is 13.1. The number of nitrogens with one attached hydrogen (secondary N) is 1. The number of ether oxygens (including phenoxy) is 3. The second kappa shape index (κ2) is 11.1. The molecule has 0 saturated heterocycles. The molecule has 0 aliphatic carbocycles. The van der Waals surface area contributed by atoms with Crippen LogP contribution in [0.15, 0.2) is 39.1 Å². The lowest BCUT2D eigenvalue weighted by atomic mass is 10.1. The van der Waals surface area contributed by atoms with Gasteiger partial charge in [-0.25, -0.2) is 13.1 Å². The molecule has 1 aliphatic heterocycles. The molecular weight excluding hydrogens is 508 g/mol. The van der Waals surface area contributed by atoms with Crippen molar-refractivity contribution >= 4 is 44.8 Å². The van der Waals surface area contributed by atoms with Gasteiger partial charge in [0.25, 0.3) is 15.9 Å². The zero-order valence-corrected chi connectivity index (χ0v) is 20.9. The molecule has 10 nitrogen and oxygen atoms in total. The highest BCUT2D eigenvalue weighted by atomic mass is 35.5. The molecule has 1 atom stereocenters. The second-order valence-electron chi connectivity index (χ2n) is 7.00. The Kier molecular flexibility index (Phi) is 8.42. The summed E-state index contributed by atoms with van der Waals surface area (Å²) in [5.41, 5.74) is 1.16. The van der Waals surface area contributed by atoms with Crippen LogP contribution < -0.4 is 14.2 Å². The number of benzene rings is 1. The third-order valence-corrected chi connectivity index (χ3v) is 7.46. The van der Waals surface area contributed by atoms with Gasteiger partial charge in [0.1, 0.15) is 15.6 Å². The van der Waals surface area contributed by atoms with E-state index in [1.807, 2.05) is 0 Å². The molecule has 0 saturated carbocycles. The van der Waals surface area contributed by atoms with E-state index in [0.717, 1.165) is 16.9 Å². The first-order valence-corrected chi connectivity index (χ1v) is 12.8. The molecule has 13 heteroatoms. The van der Waals surface area contributed by atoms with Crippen LogP contribution in [0, 0.1) is 6.92 Å². The van der Waals surface area contributed by atoms with Crippen molar-refractivity contribution in [3.8, 4) is 11.5 Å². The summed E-state index contributed by atoms with van der Waals surface area (Å²) in [6, 6.07) is 6.74. The Morgan fingerprint density at radius 2 is 2.06 bits per heavy atom. The summed E-state index contributed by atoms with van der Waals surface area (Å²) >= 11 is 7.13. The molecular formula is C21H23ClN2O8S2. The summed E-state index contributed by atoms with van der Waals surface area (Å²) in [6.45, 7) is 5.40. The SMILES string of the molecule is CCOC(C)=O.Cc1noc(NS(=O)(=O)c2ccsc2C(O)Cc2ccc3c(c2)OCO3)c1Cl. The highest BCUT2D eigenvalue weighted by Crippen LogP contribution is 2.36. The first kappa shape index (κ1) is 25.8. The molecule has 1 aliphatic rings. The van der Waals surface area contributed by atoms with Gasteiger partial charge in [0.15, 0.2) is 11.5 Å². The van der Waals surface area contributed by atoms with Crippen molar-refractivity contribution in [2.24, 2.45) is 0 Å². The Morgan fingerprint density at radius 3 is 2.68 bits per heavy atom. The van der Waals surface area contributed by atoms with Crippen LogP contribution in [0.1, 0.15) is 36.1 Å². The van der Waals surface area contributed by atoms with Crippen molar-refractivity contribution in [2.75, 3.05) is 18.1 Å². The van der Waals surface area contributed by atoms with Crippen molar-refractivity contribution in [1.82, 2.24) is 5.16 Å². The van der Waals surface area contributed by atoms with Crippen LogP contribution >= 0.6 is 22.9 Å². The molecule has 34 heavy (non-hydrogen) atoms. The van der Waals surface area contributed by atoms with Crippen LogP contribution in [-0.4, -0.2) is 38.1 Å². The van der Waals surface area contributed by atoms with Gasteiger partial charge in [-0.05, 0) is 43.0 Å². The number of carbonyl (C=O) groups excluding carboxylic acids is 1. The second-order valence-corrected chi connectivity index (χ2v) is 9.97. The lowest BCUT2D eigenvalue weighted by Gasteiger charge is -2.13. The van der Waals surface area contributed by atoms with Gasteiger partial charge < -0.3 is 23.8 Å². The fourth-order valence-electron chi connectivity index (χ4n) is 2.96. The number of halogens is 1. The van der Waals surface area contributed by atoms with Crippen LogP contribution in [0.2, 0.25) is 5.02 Å². The number of sulfonamides is 1. The minimum absolute atomic E-state index is 0.0455. The molecule has 0 fully saturated rings. The predicted octanol–water partition coefficient (Wildman–Crippen LogP) is 4.07. The quantitative estimate of drug-likeness (QED) is 0.433. The zero-order chi connectivity index (χ0) is 24.9. The third-order valence-electron chi connectivity index (χ3n) is 4.48. The number of esters is 1. The molecule has 2 N–H and O–H groups in total. The van der Waals surface area contributed by atoms with Crippen molar-refractivity contribution in [3.05, 3.63) is 50.8 Å². The van der Waals surface area contributed by atoms with Crippen LogP contribution in [0.5, 0.6) is 11.5 Å². The van der Waals surface area contributed by atoms with E-state index in [1.54, 1.807) is 37.4 Å². The van der Waals surface area contributed by atoms with E-state index in [0.29, 0.717) is 28.7 Å². The maximum Gasteiger partial charge on any atom is 0.302 e. The van der Waals surface area contributed by atoms with E-state index in [2.05, 4.69) is 14.6 Å². The molecule has 1 aromatic carbocycles. The average molecular weight is 531 g/mol. The standard InChI is InChI=1S/C17H15ClN2O6S2.C4H8O2/c1-9-15(18)17(26-19-9)20-28(22,23)14-4-5-27-16(14)11(21)6-10-2-3-12-13(7-10)25-8-24-12;1-3-6-4(2)5/h2-5,7,11,20-21H,6,8H2,1H3;3H2,1-2H3. The van der Waals surface area contributed by atoms with Crippen molar-refractivity contribution in [2.45, 2.75) is 38.2 Å². The van der Waals surface area contributed by atoms with Gasteiger partial charge in [-0.3, -0.25) is 4.79 Å². The number of aliphatic hydroxyl groups excluding tert-OH is 1. The minimum Gasteiger partial charge on any atom is -0.466 e. The number of rotatable bonds is 7. The highest BCUT2D eigenvalue weighted by Gasteiger charge is 2.27. The summed E-state index contributed by atoms with van der Waals surface area (Å²) < 4.78 is 47.7. The maximum atomic E-state index is 12.8. The minimum atomic E-state index is -4.02. The van der Waals surface area contributed by atoms with Gasteiger partial charge in [0.2, 0.25) is 6.79 Å². The maximum absolute atomic E-state index is 12.8. The van der Waals surface area contributed by atoms with Crippen molar-refractivity contribution < 1.29 is 37.1 Å². The Balaban J connectivity index is 0.000000481. The molecule has 3 aromatic rings. The van der Waals surface area contributed by atoms with Crippen molar-refractivity contribution in [3.63, 3.8) is 0 Å². The van der Waals surface area contributed by atoms with Gasteiger partial charge in [-0.2, -0.15) is 0 Å². The zero-order valence-electron chi connectivity index (χ0n) is 18.5. The van der Waals surface area contributed by atoms with E-state index in [4.69, 9.17) is 25.6 Å². The number of carbonyl (C=O) groups is 1. The number of anilines is 1. The summed E-state index contributed by atoms with van der Waals surface area (Å²) in [5, 5.41) is 16.0. The molecule has 2 aromatic heterocycles. The Hall–Kier alpha value is -2.80. The number of aromatic nitrogens is 1. The summed E-state index contributed by atoms with van der Waals surface area (Å²) in [4.78, 5) is 10.1. The number of aliphatic hydroxyl groups is 1. The summed E-state index contributed by atoms with van der Waals surface area (Å²) in [5.74, 6) is 0.862. The van der Waals surface area contributed by atoms with Gasteiger partial charge in [-0.1, -0.05) is 22.8 Å². The van der Waals surface area contributed by atoms with Gasteiger partial charge in [0.05, 0.1) is 17.6 Å². The largest absolute Gasteiger partial charge is 0.466 e. The summed E-state index contributed by atoms with van der Waals surface area (Å²) in [7, 11) is -4.02. The molecule has 0 radical (unpaired) electrons. The van der Waals surface area contributed by atoms with E-state index in [9.17, 15) is 18.3 Å². The Bertz CT molecular complexity index is 1260. The average Bonchev–Trinajstić information content (AvgIpc) is 3.51.